The summed E-state index contributed by atoms with van der Waals surface area (Å²) >= 11 is 1.72. The minimum atomic E-state index is -0.440. The van der Waals surface area contributed by atoms with Crippen molar-refractivity contribution in [2.75, 3.05) is 13.1 Å². The zero-order valence-corrected chi connectivity index (χ0v) is 11.7. The largest absolute Gasteiger partial charge is 0.444 e. The molecule has 1 amide bonds. The van der Waals surface area contributed by atoms with Gasteiger partial charge in [0.1, 0.15) is 11.2 Å². The summed E-state index contributed by atoms with van der Waals surface area (Å²) in [5, 5.41) is 2.09. The van der Waals surface area contributed by atoms with E-state index in [0.717, 1.165) is 0 Å². The number of carbonyl (C=O) groups is 1. The molecule has 2 aliphatic heterocycles. The number of hydrogen-bond acceptors (Lipinski definition) is 4. The summed E-state index contributed by atoms with van der Waals surface area (Å²) in [6.45, 7) is 7.52. The fourth-order valence-electron chi connectivity index (χ4n) is 2.39. The third kappa shape index (κ3) is 1.82. The summed E-state index contributed by atoms with van der Waals surface area (Å²) in [5.74, 6) is 0. The highest BCUT2D eigenvalue weighted by Crippen LogP contribution is 2.46. The molecule has 1 spiro atoms. The molecule has 4 nitrogen and oxygen atoms in total. The van der Waals surface area contributed by atoms with E-state index < -0.39 is 5.60 Å². The van der Waals surface area contributed by atoms with E-state index in [9.17, 15) is 4.79 Å². The summed E-state index contributed by atoms with van der Waals surface area (Å²) in [7, 11) is 0. The molecule has 98 valence electrons. The van der Waals surface area contributed by atoms with Gasteiger partial charge in [-0.05, 0) is 37.8 Å². The number of fused-ring (bicyclic) bond motifs is 2. The van der Waals surface area contributed by atoms with Crippen LogP contribution in [0.2, 0.25) is 0 Å². The molecular weight excluding hydrogens is 250 g/mol. The van der Waals surface area contributed by atoms with Crippen LogP contribution < -0.4 is 0 Å². The minimum Gasteiger partial charge on any atom is -0.444 e. The van der Waals surface area contributed by atoms with E-state index in [2.05, 4.69) is 11.4 Å². The number of nitrogens with zero attached hydrogens (tertiary/aromatic N) is 1. The Hall–Kier alpha value is -1.07. The van der Waals surface area contributed by atoms with Crippen molar-refractivity contribution in [1.82, 2.24) is 4.90 Å². The van der Waals surface area contributed by atoms with E-state index in [-0.39, 0.29) is 11.7 Å². The van der Waals surface area contributed by atoms with Crippen LogP contribution in [0.25, 0.3) is 0 Å². The summed E-state index contributed by atoms with van der Waals surface area (Å²) in [6, 6.07) is 2.10. The Morgan fingerprint density at radius 2 is 2.22 bits per heavy atom. The second kappa shape index (κ2) is 3.71. The van der Waals surface area contributed by atoms with Gasteiger partial charge in [0.2, 0.25) is 0 Å². The van der Waals surface area contributed by atoms with Crippen LogP contribution in [0.15, 0.2) is 11.4 Å². The van der Waals surface area contributed by atoms with Crippen LogP contribution in [-0.2, 0) is 21.7 Å². The van der Waals surface area contributed by atoms with Gasteiger partial charge in [-0.2, -0.15) is 0 Å². The summed E-state index contributed by atoms with van der Waals surface area (Å²) < 4.78 is 11.2. The number of amides is 1. The van der Waals surface area contributed by atoms with Gasteiger partial charge < -0.3 is 14.4 Å². The molecule has 1 fully saturated rings. The molecule has 3 heterocycles. The van der Waals surface area contributed by atoms with E-state index in [0.29, 0.717) is 19.7 Å². The summed E-state index contributed by atoms with van der Waals surface area (Å²) in [6.07, 6.45) is -0.248. The Morgan fingerprint density at radius 1 is 1.50 bits per heavy atom. The molecule has 5 heteroatoms. The van der Waals surface area contributed by atoms with Crippen LogP contribution in [0.1, 0.15) is 31.2 Å². The molecule has 0 N–H and O–H groups in total. The first-order chi connectivity index (χ1) is 8.40. The quantitative estimate of drug-likeness (QED) is 0.725. The van der Waals surface area contributed by atoms with Crippen molar-refractivity contribution in [3.05, 3.63) is 21.9 Å². The average Bonchev–Trinajstić information content (AvgIpc) is 2.70. The molecule has 3 rings (SSSR count). The predicted molar refractivity (Wildman–Crippen MR) is 68.6 cm³/mol. The molecule has 1 saturated heterocycles. The lowest BCUT2D eigenvalue weighted by atomic mass is 9.92. The Bertz CT molecular complexity index is 483. The van der Waals surface area contributed by atoms with Crippen molar-refractivity contribution in [2.45, 2.75) is 38.6 Å². The van der Waals surface area contributed by atoms with Crippen molar-refractivity contribution in [1.29, 1.82) is 0 Å². The van der Waals surface area contributed by atoms with Gasteiger partial charge in [0.05, 0.1) is 19.7 Å². The SMILES string of the molecule is CC(C)(C)OC(=O)N1CC2(C1)OCc1ccsc12. The zero-order chi connectivity index (χ0) is 13.0. The topological polar surface area (TPSA) is 38.8 Å². The fourth-order valence-corrected chi connectivity index (χ4v) is 3.44. The van der Waals surface area contributed by atoms with Crippen molar-refractivity contribution in [3.63, 3.8) is 0 Å². The predicted octanol–water partition coefficient (Wildman–Crippen LogP) is 2.72. The van der Waals surface area contributed by atoms with Gasteiger partial charge in [0.25, 0.3) is 0 Å². The van der Waals surface area contributed by atoms with Crippen molar-refractivity contribution >= 4 is 17.4 Å². The van der Waals surface area contributed by atoms with E-state index in [4.69, 9.17) is 9.47 Å². The smallest absolute Gasteiger partial charge is 0.410 e. The molecule has 0 bridgehead atoms. The van der Waals surface area contributed by atoms with Crippen LogP contribution in [0, 0.1) is 0 Å². The summed E-state index contributed by atoms with van der Waals surface area (Å²) in [4.78, 5) is 14.9. The number of hydrogen-bond donors (Lipinski definition) is 0. The van der Waals surface area contributed by atoms with Crippen LogP contribution >= 0.6 is 11.3 Å². The third-order valence-corrected chi connectivity index (χ3v) is 4.35. The second-order valence-corrected chi connectivity index (χ2v) is 6.81. The van der Waals surface area contributed by atoms with E-state index >= 15 is 0 Å². The molecular formula is C13H17NO3S. The number of rotatable bonds is 0. The van der Waals surface area contributed by atoms with Crippen LogP contribution in [-0.4, -0.2) is 29.7 Å². The molecule has 0 aromatic carbocycles. The first-order valence-electron chi connectivity index (χ1n) is 6.08. The lowest BCUT2D eigenvalue weighted by molar-refractivity contribution is -0.135. The van der Waals surface area contributed by atoms with Gasteiger partial charge in [-0.3, -0.25) is 0 Å². The highest BCUT2D eigenvalue weighted by atomic mass is 32.1. The zero-order valence-electron chi connectivity index (χ0n) is 10.9. The number of ether oxygens (including phenoxy) is 2. The van der Waals surface area contributed by atoms with Gasteiger partial charge >= 0.3 is 6.09 Å². The van der Waals surface area contributed by atoms with Gasteiger partial charge in [-0.1, -0.05) is 0 Å². The van der Waals surface area contributed by atoms with Gasteiger partial charge in [0, 0.05) is 4.88 Å². The van der Waals surface area contributed by atoms with Crippen LogP contribution in [0.4, 0.5) is 4.79 Å². The van der Waals surface area contributed by atoms with Crippen LogP contribution in [0.5, 0.6) is 0 Å². The Balaban J connectivity index is 1.66. The van der Waals surface area contributed by atoms with Crippen molar-refractivity contribution in [3.8, 4) is 0 Å². The highest BCUT2D eigenvalue weighted by molar-refractivity contribution is 7.10. The number of likely N-dealkylation sites (tertiary alicyclic amines) is 1. The van der Waals surface area contributed by atoms with Gasteiger partial charge in [0.15, 0.2) is 0 Å². The molecule has 18 heavy (non-hydrogen) atoms. The van der Waals surface area contributed by atoms with E-state index in [1.807, 2.05) is 20.8 Å². The molecule has 0 saturated carbocycles. The molecule has 0 aliphatic carbocycles. The molecule has 2 aliphatic rings. The maximum absolute atomic E-state index is 11.9. The normalized spacial score (nSPS) is 20.7. The first kappa shape index (κ1) is 12.0. The molecule has 0 radical (unpaired) electrons. The Labute approximate surface area is 110 Å². The maximum atomic E-state index is 11.9. The average molecular weight is 267 g/mol. The van der Waals surface area contributed by atoms with Crippen molar-refractivity contribution < 1.29 is 14.3 Å². The lowest BCUT2D eigenvalue weighted by Gasteiger charge is -2.46. The van der Waals surface area contributed by atoms with Crippen LogP contribution in [0.3, 0.4) is 0 Å². The number of thiophene rings is 1. The molecule has 0 atom stereocenters. The first-order valence-corrected chi connectivity index (χ1v) is 6.96. The minimum absolute atomic E-state index is 0.248. The number of carbonyl (C=O) groups excluding carboxylic acids is 1. The lowest BCUT2D eigenvalue weighted by Crippen LogP contribution is -2.61. The monoisotopic (exact) mass is 267 g/mol. The molecule has 1 aromatic rings. The van der Waals surface area contributed by atoms with E-state index in [1.165, 1.54) is 10.4 Å². The second-order valence-electron chi connectivity index (χ2n) is 5.89. The van der Waals surface area contributed by atoms with Gasteiger partial charge in [-0.15, -0.1) is 11.3 Å². The van der Waals surface area contributed by atoms with Crippen molar-refractivity contribution in [2.24, 2.45) is 0 Å². The summed E-state index contributed by atoms with van der Waals surface area (Å²) in [5.41, 5.74) is 0.578. The molecule has 0 unspecified atom stereocenters. The standard InChI is InChI=1S/C13H17NO3S/c1-12(2,3)17-11(15)14-7-13(8-14)10-9(6-16-13)4-5-18-10/h4-5H,6-8H2,1-3H3. The third-order valence-electron chi connectivity index (χ3n) is 3.21. The van der Waals surface area contributed by atoms with Gasteiger partial charge in [-0.25, -0.2) is 4.79 Å². The Kier molecular flexibility index (Phi) is 2.47. The molecule has 1 aromatic heterocycles. The Morgan fingerprint density at radius 3 is 2.89 bits per heavy atom. The maximum Gasteiger partial charge on any atom is 0.410 e. The van der Waals surface area contributed by atoms with E-state index in [1.54, 1.807) is 16.2 Å². The highest BCUT2D eigenvalue weighted by Gasteiger charge is 2.53. The fraction of sp³-hybridized carbons (Fsp3) is 0.615.